The standard InChI is InChI=1S/C17H18N2O2S/c1-11(2)7-12-3-5-13(6-4-12)15-10-19-9-14(8-16(20)21)22-17(19)18-15/h3-6,9-11H,7-8H2,1-2H3,(H,20,21). The normalized spacial score (nSPS) is 11.4. The molecule has 0 bridgehead atoms. The van der Waals surface area contributed by atoms with Gasteiger partial charge in [-0.3, -0.25) is 9.20 Å². The molecule has 2 aromatic heterocycles. The summed E-state index contributed by atoms with van der Waals surface area (Å²) in [7, 11) is 0. The number of hydrogen-bond acceptors (Lipinski definition) is 3. The molecule has 0 saturated carbocycles. The first-order chi connectivity index (χ1) is 10.5. The number of hydrogen-bond donors (Lipinski definition) is 1. The maximum atomic E-state index is 10.7. The Labute approximate surface area is 133 Å². The average Bonchev–Trinajstić information content (AvgIpc) is 2.96. The van der Waals surface area contributed by atoms with Crippen LogP contribution in [0.15, 0.2) is 36.7 Å². The molecule has 0 atom stereocenters. The lowest BCUT2D eigenvalue weighted by atomic mass is 10.0. The van der Waals surface area contributed by atoms with Crippen LogP contribution in [0, 0.1) is 5.92 Å². The van der Waals surface area contributed by atoms with Crippen LogP contribution < -0.4 is 0 Å². The van der Waals surface area contributed by atoms with E-state index < -0.39 is 5.97 Å². The van der Waals surface area contributed by atoms with E-state index in [0.29, 0.717) is 5.92 Å². The maximum Gasteiger partial charge on any atom is 0.308 e. The van der Waals surface area contributed by atoms with Crippen molar-refractivity contribution in [3.05, 3.63) is 47.1 Å². The van der Waals surface area contributed by atoms with Crippen molar-refractivity contribution in [2.45, 2.75) is 26.7 Å². The number of imidazole rings is 1. The second-order valence-electron chi connectivity index (χ2n) is 5.88. The fraction of sp³-hybridized carbons (Fsp3) is 0.294. The van der Waals surface area contributed by atoms with Crippen molar-refractivity contribution in [1.82, 2.24) is 9.38 Å². The summed E-state index contributed by atoms with van der Waals surface area (Å²) in [5.74, 6) is -0.165. The second-order valence-corrected chi connectivity index (χ2v) is 6.97. The van der Waals surface area contributed by atoms with Gasteiger partial charge < -0.3 is 5.11 Å². The lowest BCUT2D eigenvalue weighted by Crippen LogP contribution is -1.97. The summed E-state index contributed by atoms with van der Waals surface area (Å²) in [6.45, 7) is 4.43. The molecule has 3 aromatic rings. The fourth-order valence-electron chi connectivity index (χ4n) is 2.50. The van der Waals surface area contributed by atoms with Gasteiger partial charge in [0.05, 0.1) is 12.1 Å². The third-order valence-electron chi connectivity index (χ3n) is 3.42. The van der Waals surface area contributed by atoms with Crippen molar-refractivity contribution < 1.29 is 9.90 Å². The van der Waals surface area contributed by atoms with E-state index in [9.17, 15) is 4.79 Å². The van der Waals surface area contributed by atoms with Crippen LogP contribution in [0.4, 0.5) is 0 Å². The number of nitrogens with zero attached hydrogens (tertiary/aromatic N) is 2. The quantitative estimate of drug-likeness (QED) is 0.777. The predicted octanol–water partition coefficient (Wildman–Crippen LogP) is 3.89. The number of aliphatic carboxylic acids is 1. The Morgan fingerprint density at radius 1 is 1.27 bits per heavy atom. The first kappa shape index (κ1) is 14.8. The molecule has 2 heterocycles. The lowest BCUT2D eigenvalue weighted by molar-refractivity contribution is -0.136. The fourth-order valence-corrected chi connectivity index (χ4v) is 3.45. The third kappa shape index (κ3) is 3.20. The highest BCUT2D eigenvalue weighted by Gasteiger charge is 2.10. The molecule has 0 unspecified atom stereocenters. The van der Waals surface area contributed by atoms with Crippen molar-refractivity contribution in [1.29, 1.82) is 0 Å². The van der Waals surface area contributed by atoms with Gasteiger partial charge in [-0.2, -0.15) is 0 Å². The SMILES string of the molecule is CC(C)Cc1ccc(-c2cn3cc(CC(=O)O)sc3n2)cc1. The van der Waals surface area contributed by atoms with Gasteiger partial charge >= 0.3 is 5.97 Å². The number of fused-ring (bicyclic) bond motifs is 1. The molecule has 0 amide bonds. The summed E-state index contributed by atoms with van der Waals surface area (Å²) in [6.07, 6.45) is 4.93. The van der Waals surface area contributed by atoms with Gasteiger partial charge in [-0.25, -0.2) is 4.98 Å². The number of carbonyl (C=O) groups is 1. The molecule has 4 nitrogen and oxygen atoms in total. The van der Waals surface area contributed by atoms with Crippen molar-refractivity contribution >= 4 is 22.3 Å². The zero-order valence-electron chi connectivity index (χ0n) is 12.6. The zero-order chi connectivity index (χ0) is 15.7. The molecule has 5 heteroatoms. The third-order valence-corrected chi connectivity index (χ3v) is 4.42. The molecule has 0 radical (unpaired) electrons. The minimum absolute atomic E-state index is 0.0489. The van der Waals surface area contributed by atoms with Gasteiger partial charge in [-0.05, 0) is 17.9 Å². The van der Waals surface area contributed by atoms with E-state index in [4.69, 9.17) is 5.11 Å². The summed E-state index contributed by atoms with van der Waals surface area (Å²) in [6, 6.07) is 8.50. The topological polar surface area (TPSA) is 54.6 Å². The van der Waals surface area contributed by atoms with Crippen LogP contribution in [0.1, 0.15) is 24.3 Å². The Balaban J connectivity index is 1.83. The van der Waals surface area contributed by atoms with Crippen LogP contribution in [0.3, 0.4) is 0 Å². The predicted molar refractivity (Wildman–Crippen MR) is 88.4 cm³/mol. The van der Waals surface area contributed by atoms with Gasteiger partial charge in [0.1, 0.15) is 0 Å². The molecular weight excluding hydrogens is 296 g/mol. The van der Waals surface area contributed by atoms with Crippen molar-refractivity contribution in [3.8, 4) is 11.3 Å². The Hall–Kier alpha value is -2.14. The van der Waals surface area contributed by atoms with Crippen molar-refractivity contribution in [2.24, 2.45) is 5.92 Å². The number of carboxylic acid groups (broad SMARTS) is 1. The van der Waals surface area contributed by atoms with E-state index in [1.807, 2.05) is 16.8 Å². The summed E-state index contributed by atoms with van der Waals surface area (Å²) >= 11 is 1.42. The Kier molecular flexibility index (Phi) is 3.98. The molecule has 0 spiro atoms. The summed E-state index contributed by atoms with van der Waals surface area (Å²) in [5, 5.41) is 8.83. The van der Waals surface area contributed by atoms with Crippen LogP contribution >= 0.6 is 11.3 Å². The highest BCUT2D eigenvalue weighted by atomic mass is 32.1. The molecule has 3 rings (SSSR count). The lowest BCUT2D eigenvalue weighted by Gasteiger charge is -2.05. The van der Waals surface area contributed by atoms with Gasteiger partial charge in [0.15, 0.2) is 4.96 Å². The maximum absolute atomic E-state index is 10.7. The first-order valence-electron chi connectivity index (χ1n) is 7.30. The van der Waals surface area contributed by atoms with E-state index in [1.54, 1.807) is 0 Å². The highest BCUT2D eigenvalue weighted by Crippen LogP contribution is 2.25. The molecule has 114 valence electrons. The van der Waals surface area contributed by atoms with Crippen LogP contribution in [-0.2, 0) is 17.6 Å². The molecular formula is C17H18N2O2S. The Morgan fingerprint density at radius 2 is 2.00 bits per heavy atom. The Bertz CT molecular complexity index is 768. The van der Waals surface area contributed by atoms with E-state index in [1.165, 1.54) is 16.9 Å². The second kappa shape index (κ2) is 5.93. The van der Waals surface area contributed by atoms with Crippen molar-refractivity contribution in [2.75, 3.05) is 0 Å². The van der Waals surface area contributed by atoms with Gasteiger partial charge in [-0.1, -0.05) is 38.1 Å². The van der Waals surface area contributed by atoms with Crippen molar-refractivity contribution in [3.63, 3.8) is 0 Å². The van der Waals surface area contributed by atoms with Crippen LogP contribution in [0.25, 0.3) is 16.2 Å². The number of benzene rings is 1. The molecule has 22 heavy (non-hydrogen) atoms. The van der Waals surface area contributed by atoms with Gasteiger partial charge in [0, 0.05) is 22.8 Å². The summed E-state index contributed by atoms with van der Waals surface area (Å²) in [4.78, 5) is 17.0. The molecule has 0 aliphatic heterocycles. The van der Waals surface area contributed by atoms with E-state index in [2.05, 4.69) is 43.1 Å². The van der Waals surface area contributed by atoms with Gasteiger partial charge in [-0.15, -0.1) is 11.3 Å². The highest BCUT2D eigenvalue weighted by molar-refractivity contribution is 7.17. The smallest absolute Gasteiger partial charge is 0.308 e. The monoisotopic (exact) mass is 314 g/mol. The number of carboxylic acids is 1. The molecule has 0 aliphatic carbocycles. The van der Waals surface area contributed by atoms with Crippen LogP contribution in [-0.4, -0.2) is 20.5 Å². The minimum Gasteiger partial charge on any atom is -0.481 e. The molecule has 1 N–H and O–H groups in total. The molecule has 0 saturated heterocycles. The molecule has 0 fully saturated rings. The Morgan fingerprint density at radius 3 is 2.59 bits per heavy atom. The van der Waals surface area contributed by atoms with E-state index >= 15 is 0 Å². The summed E-state index contributed by atoms with van der Waals surface area (Å²) < 4.78 is 1.90. The largest absolute Gasteiger partial charge is 0.481 e. The van der Waals surface area contributed by atoms with E-state index in [-0.39, 0.29) is 6.42 Å². The first-order valence-corrected chi connectivity index (χ1v) is 8.11. The zero-order valence-corrected chi connectivity index (χ0v) is 13.4. The van der Waals surface area contributed by atoms with E-state index in [0.717, 1.165) is 27.5 Å². The number of rotatable bonds is 5. The molecule has 0 aliphatic rings. The average molecular weight is 314 g/mol. The molecule has 1 aromatic carbocycles. The van der Waals surface area contributed by atoms with Crippen LogP contribution in [0.5, 0.6) is 0 Å². The van der Waals surface area contributed by atoms with Gasteiger partial charge in [0.2, 0.25) is 0 Å². The minimum atomic E-state index is -0.814. The number of thiazole rings is 1. The summed E-state index contributed by atoms with van der Waals surface area (Å²) in [5.41, 5.74) is 3.34. The van der Waals surface area contributed by atoms with Crippen LogP contribution in [0.2, 0.25) is 0 Å². The number of aromatic nitrogens is 2. The van der Waals surface area contributed by atoms with Gasteiger partial charge in [0.25, 0.3) is 0 Å².